The van der Waals surface area contributed by atoms with Crippen molar-refractivity contribution in [3.8, 4) is 34.3 Å². The standard InChI is InChI=1S/C40H41F3O9/c1-21(2)13-16-26-31(45)30-32(46)33(47)34(51-36(30)27-17-18-38(5,6)52-35(26)27)24-15-14-23(28(44)19-24)20-29(22(3)4)50-37(48)39(49-7,40(41,42)43)25-11-9-8-10-12-25/h8-15,19,29,44-45,47H,3,16-18,20H2,1-2,4-7H3/t29-,39-/m0/s1. The van der Waals surface area contributed by atoms with Crippen molar-refractivity contribution in [1.29, 1.82) is 0 Å². The molecule has 0 unspecified atom stereocenters. The fourth-order valence-corrected chi connectivity index (χ4v) is 6.29. The largest absolute Gasteiger partial charge is 0.508 e. The first-order valence-electron chi connectivity index (χ1n) is 16.6. The van der Waals surface area contributed by atoms with Crippen molar-refractivity contribution in [2.45, 2.75) is 83.8 Å². The summed E-state index contributed by atoms with van der Waals surface area (Å²) in [5.74, 6) is -3.18. The number of hydrogen-bond donors (Lipinski definition) is 3. The van der Waals surface area contributed by atoms with Crippen LogP contribution in [-0.2, 0) is 39.1 Å². The van der Waals surface area contributed by atoms with Crippen LogP contribution >= 0.6 is 0 Å². The molecule has 0 fully saturated rings. The summed E-state index contributed by atoms with van der Waals surface area (Å²) in [5.41, 5.74) is -2.97. The number of halogens is 3. The number of ether oxygens (including phenoxy) is 3. The number of aromatic hydroxyl groups is 3. The molecule has 1 aliphatic heterocycles. The van der Waals surface area contributed by atoms with E-state index in [-0.39, 0.29) is 52.0 Å². The van der Waals surface area contributed by atoms with Crippen molar-refractivity contribution >= 4 is 16.9 Å². The van der Waals surface area contributed by atoms with Gasteiger partial charge in [0.05, 0.1) is 0 Å². The number of benzene rings is 3. The normalized spacial score (nSPS) is 15.6. The van der Waals surface area contributed by atoms with Gasteiger partial charge in [-0.1, -0.05) is 60.7 Å². The Hall–Kier alpha value is -5.23. The van der Waals surface area contributed by atoms with Crippen LogP contribution in [0.15, 0.2) is 81.5 Å². The summed E-state index contributed by atoms with van der Waals surface area (Å²) in [7, 11) is 0.761. The topological polar surface area (TPSA) is 136 Å². The number of hydrogen-bond acceptors (Lipinski definition) is 9. The van der Waals surface area contributed by atoms with Crippen molar-refractivity contribution in [3.63, 3.8) is 0 Å². The van der Waals surface area contributed by atoms with Crippen LogP contribution in [0.5, 0.6) is 23.0 Å². The molecule has 0 bridgehead atoms. The van der Waals surface area contributed by atoms with Crippen LogP contribution in [0, 0.1) is 0 Å². The number of fused-ring (bicyclic) bond motifs is 3. The van der Waals surface area contributed by atoms with E-state index in [1.165, 1.54) is 43.3 Å². The Labute approximate surface area is 298 Å². The summed E-state index contributed by atoms with van der Waals surface area (Å²) in [5, 5.41) is 33.4. The highest BCUT2D eigenvalue weighted by atomic mass is 19.4. The lowest BCUT2D eigenvalue weighted by Gasteiger charge is -2.34. The molecule has 12 heteroatoms. The Morgan fingerprint density at radius 1 is 1.06 bits per heavy atom. The average Bonchev–Trinajstić information content (AvgIpc) is 3.06. The van der Waals surface area contributed by atoms with E-state index in [1.807, 2.05) is 33.8 Å². The van der Waals surface area contributed by atoms with E-state index in [1.54, 1.807) is 0 Å². The first-order chi connectivity index (χ1) is 24.3. The lowest BCUT2D eigenvalue weighted by atomic mass is 9.89. The zero-order valence-electron chi connectivity index (χ0n) is 29.7. The second-order valence-corrected chi connectivity index (χ2v) is 13.8. The molecule has 0 spiro atoms. The molecular formula is C40H41F3O9. The number of phenols is 2. The van der Waals surface area contributed by atoms with Gasteiger partial charge in [0.2, 0.25) is 11.2 Å². The van der Waals surface area contributed by atoms with Gasteiger partial charge in [0.15, 0.2) is 5.76 Å². The zero-order chi connectivity index (χ0) is 38.3. The third kappa shape index (κ3) is 6.87. The quantitative estimate of drug-likeness (QED) is 0.109. The molecule has 9 nitrogen and oxygen atoms in total. The van der Waals surface area contributed by atoms with E-state index in [9.17, 15) is 38.1 Å². The highest BCUT2D eigenvalue weighted by molar-refractivity contribution is 5.93. The van der Waals surface area contributed by atoms with E-state index >= 15 is 0 Å². The molecule has 0 amide bonds. The smallest absolute Gasteiger partial charge is 0.432 e. The second-order valence-electron chi connectivity index (χ2n) is 13.8. The van der Waals surface area contributed by atoms with Gasteiger partial charge in [-0.3, -0.25) is 4.79 Å². The van der Waals surface area contributed by atoms with Crippen LogP contribution in [0.4, 0.5) is 13.2 Å². The number of phenolic OH excluding ortho intramolecular Hbond substituents is 2. The maximum atomic E-state index is 14.5. The first kappa shape index (κ1) is 38.0. The van der Waals surface area contributed by atoms with Gasteiger partial charge < -0.3 is 33.9 Å². The molecule has 3 aromatic carbocycles. The Bertz CT molecular complexity index is 2130. The molecule has 276 valence electrons. The summed E-state index contributed by atoms with van der Waals surface area (Å²) < 4.78 is 66.2. The molecule has 2 atom stereocenters. The molecule has 1 aliphatic rings. The Morgan fingerprint density at radius 2 is 1.73 bits per heavy atom. The number of allylic oxidation sites excluding steroid dienone is 2. The number of carbonyl (C=O) groups is 1. The lowest BCUT2D eigenvalue weighted by Crippen LogP contribution is -2.52. The predicted molar refractivity (Wildman–Crippen MR) is 189 cm³/mol. The molecule has 0 aliphatic carbocycles. The summed E-state index contributed by atoms with van der Waals surface area (Å²) in [6, 6.07) is 10.4. The molecular weight excluding hydrogens is 681 g/mol. The Morgan fingerprint density at radius 3 is 2.31 bits per heavy atom. The first-order valence-corrected chi connectivity index (χ1v) is 16.6. The van der Waals surface area contributed by atoms with Crippen LogP contribution in [0.25, 0.3) is 22.3 Å². The van der Waals surface area contributed by atoms with E-state index in [4.69, 9.17) is 18.6 Å². The van der Waals surface area contributed by atoms with Gasteiger partial charge in [0, 0.05) is 35.8 Å². The summed E-state index contributed by atoms with van der Waals surface area (Å²) in [6.45, 7) is 12.9. The highest BCUT2D eigenvalue weighted by Crippen LogP contribution is 2.48. The monoisotopic (exact) mass is 722 g/mol. The minimum absolute atomic E-state index is 0.0317. The summed E-state index contributed by atoms with van der Waals surface area (Å²) in [4.78, 5) is 27.0. The van der Waals surface area contributed by atoms with Crippen molar-refractivity contribution in [2.75, 3.05) is 7.11 Å². The minimum atomic E-state index is -5.19. The fourth-order valence-electron chi connectivity index (χ4n) is 6.29. The maximum Gasteiger partial charge on any atom is 0.432 e. The molecule has 2 heterocycles. The molecule has 0 saturated carbocycles. The Kier molecular flexibility index (Phi) is 10.3. The number of aryl methyl sites for hydroxylation is 1. The number of alkyl halides is 3. The van der Waals surface area contributed by atoms with Crippen LogP contribution in [0.1, 0.15) is 63.3 Å². The van der Waals surface area contributed by atoms with Gasteiger partial charge in [-0.2, -0.15) is 13.2 Å². The third-order valence-corrected chi connectivity index (χ3v) is 9.23. The van der Waals surface area contributed by atoms with Crippen LogP contribution in [0.2, 0.25) is 0 Å². The highest BCUT2D eigenvalue weighted by Gasteiger charge is 2.64. The second kappa shape index (κ2) is 14.1. The van der Waals surface area contributed by atoms with Gasteiger partial charge in [0.25, 0.3) is 5.60 Å². The maximum absolute atomic E-state index is 14.5. The van der Waals surface area contributed by atoms with Gasteiger partial charge in [0.1, 0.15) is 39.9 Å². The summed E-state index contributed by atoms with van der Waals surface area (Å²) >= 11 is 0. The number of carbonyl (C=O) groups excluding carboxylic acids is 1. The van der Waals surface area contributed by atoms with Crippen LogP contribution in [0.3, 0.4) is 0 Å². The van der Waals surface area contributed by atoms with Gasteiger partial charge in [-0.15, -0.1) is 0 Å². The van der Waals surface area contributed by atoms with E-state index in [0.29, 0.717) is 29.7 Å². The van der Waals surface area contributed by atoms with Gasteiger partial charge >= 0.3 is 12.1 Å². The van der Waals surface area contributed by atoms with Crippen molar-refractivity contribution < 1.29 is 51.9 Å². The predicted octanol–water partition coefficient (Wildman–Crippen LogP) is 8.32. The van der Waals surface area contributed by atoms with Crippen LogP contribution < -0.4 is 10.2 Å². The number of methoxy groups -OCH3 is 1. The SMILES string of the molecule is C=C(C)[C@H](Cc1ccc(-c2oc3c4c(c(CC=C(C)C)c(O)c3c(=O)c2O)OC(C)(C)CC4)cc1O)OC(=O)[C@@](OC)(c1ccccc1)C(F)(F)F. The van der Waals surface area contributed by atoms with E-state index in [0.717, 1.165) is 24.8 Å². The minimum Gasteiger partial charge on any atom is -0.508 e. The molecule has 52 heavy (non-hydrogen) atoms. The average molecular weight is 723 g/mol. The summed E-state index contributed by atoms with van der Waals surface area (Å²) in [6.07, 6.45) is -3.62. The van der Waals surface area contributed by atoms with E-state index < -0.39 is 51.9 Å². The fraction of sp³-hybridized carbons (Fsp3) is 0.350. The Balaban J connectivity index is 1.54. The molecule has 4 aromatic rings. The molecule has 5 rings (SSSR count). The van der Waals surface area contributed by atoms with Gasteiger partial charge in [-0.05, 0) is 71.1 Å². The number of esters is 1. The molecule has 1 aromatic heterocycles. The van der Waals surface area contributed by atoms with Crippen molar-refractivity contribution in [1.82, 2.24) is 0 Å². The van der Waals surface area contributed by atoms with Crippen molar-refractivity contribution in [2.24, 2.45) is 0 Å². The molecule has 3 N–H and O–H groups in total. The molecule has 0 radical (unpaired) electrons. The third-order valence-electron chi connectivity index (χ3n) is 9.23. The van der Waals surface area contributed by atoms with Crippen molar-refractivity contribution in [3.05, 3.63) is 105 Å². The number of rotatable bonds is 10. The zero-order valence-corrected chi connectivity index (χ0v) is 29.7. The molecule has 0 saturated heterocycles. The van der Waals surface area contributed by atoms with Crippen LogP contribution in [-0.4, -0.2) is 46.3 Å². The van der Waals surface area contributed by atoms with Gasteiger partial charge in [-0.25, -0.2) is 4.79 Å². The lowest BCUT2D eigenvalue weighted by molar-refractivity contribution is -0.277. The van der Waals surface area contributed by atoms with E-state index in [2.05, 4.69) is 6.58 Å².